The SMILES string of the molecule is CN(Cc1ccc(Br)cc1)CC(O)Cc1ccccc1. The lowest BCUT2D eigenvalue weighted by molar-refractivity contribution is 0.123. The normalized spacial score (nSPS) is 12.6. The average molecular weight is 334 g/mol. The zero-order valence-corrected chi connectivity index (χ0v) is 13.3. The Balaban J connectivity index is 1.81. The molecular formula is C17H20BrNO. The molecule has 3 heteroatoms. The van der Waals surface area contributed by atoms with E-state index in [0.717, 1.165) is 11.0 Å². The Morgan fingerprint density at radius 2 is 1.65 bits per heavy atom. The van der Waals surface area contributed by atoms with Crippen LogP contribution in [0.2, 0.25) is 0 Å². The number of benzene rings is 2. The molecule has 2 rings (SSSR count). The molecule has 0 aromatic heterocycles. The molecule has 0 saturated carbocycles. The van der Waals surface area contributed by atoms with Crippen molar-refractivity contribution in [3.8, 4) is 0 Å². The van der Waals surface area contributed by atoms with Gasteiger partial charge in [0.2, 0.25) is 0 Å². The lowest BCUT2D eigenvalue weighted by Gasteiger charge is -2.20. The molecule has 106 valence electrons. The van der Waals surface area contributed by atoms with Crippen LogP contribution in [-0.2, 0) is 13.0 Å². The van der Waals surface area contributed by atoms with Crippen LogP contribution in [0.3, 0.4) is 0 Å². The molecule has 20 heavy (non-hydrogen) atoms. The highest BCUT2D eigenvalue weighted by Crippen LogP contribution is 2.12. The maximum absolute atomic E-state index is 10.1. The molecule has 0 radical (unpaired) electrons. The first kappa shape index (κ1) is 15.2. The first-order valence-corrected chi connectivity index (χ1v) is 7.58. The molecule has 2 aromatic rings. The van der Waals surface area contributed by atoms with E-state index in [1.165, 1.54) is 11.1 Å². The second-order valence-corrected chi connectivity index (χ2v) is 6.08. The van der Waals surface area contributed by atoms with Gasteiger partial charge in [0.25, 0.3) is 0 Å². The minimum atomic E-state index is -0.335. The predicted molar refractivity (Wildman–Crippen MR) is 86.6 cm³/mol. The maximum Gasteiger partial charge on any atom is 0.0707 e. The maximum atomic E-state index is 10.1. The number of hydrogen-bond donors (Lipinski definition) is 1. The minimum Gasteiger partial charge on any atom is -0.391 e. The van der Waals surface area contributed by atoms with Gasteiger partial charge in [-0.3, -0.25) is 4.90 Å². The van der Waals surface area contributed by atoms with Gasteiger partial charge in [0, 0.05) is 17.6 Å². The van der Waals surface area contributed by atoms with Crippen LogP contribution in [0.25, 0.3) is 0 Å². The second kappa shape index (κ2) is 7.58. The van der Waals surface area contributed by atoms with Crippen molar-refractivity contribution in [3.05, 3.63) is 70.2 Å². The summed E-state index contributed by atoms with van der Waals surface area (Å²) in [7, 11) is 2.04. The highest BCUT2D eigenvalue weighted by Gasteiger charge is 2.09. The van der Waals surface area contributed by atoms with E-state index in [1.807, 2.05) is 37.4 Å². The Morgan fingerprint density at radius 3 is 2.30 bits per heavy atom. The summed E-state index contributed by atoms with van der Waals surface area (Å²) in [5, 5.41) is 10.1. The fourth-order valence-electron chi connectivity index (χ4n) is 2.28. The molecule has 0 fully saturated rings. The first-order chi connectivity index (χ1) is 9.63. The summed E-state index contributed by atoms with van der Waals surface area (Å²) in [4.78, 5) is 2.15. The third-order valence-corrected chi connectivity index (χ3v) is 3.73. The van der Waals surface area contributed by atoms with E-state index in [0.29, 0.717) is 13.0 Å². The number of aliphatic hydroxyl groups is 1. The molecule has 1 atom stereocenters. The van der Waals surface area contributed by atoms with E-state index in [9.17, 15) is 5.11 Å². The number of likely N-dealkylation sites (N-methyl/N-ethyl adjacent to an activating group) is 1. The zero-order chi connectivity index (χ0) is 14.4. The van der Waals surface area contributed by atoms with Crippen molar-refractivity contribution >= 4 is 15.9 Å². The molecule has 0 saturated heterocycles. The van der Waals surface area contributed by atoms with E-state index in [-0.39, 0.29) is 6.10 Å². The largest absolute Gasteiger partial charge is 0.391 e. The van der Waals surface area contributed by atoms with E-state index in [1.54, 1.807) is 0 Å². The fraction of sp³-hybridized carbons (Fsp3) is 0.294. The highest BCUT2D eigenvalue weighted by molar-refractivity contribution is 9.10. The molecule has 1 N–H and O–H groups in total. The van der Waals surface area contributed by atoms with Gasteiger partial charge < -0.3 is 5.11 Å². The Morgan fingerprint density at radius 1 is 1.00 bits per heavy atom. The summed E-state index contributed by atoms with van der Waals surface area (Å²) in [6, 6.07) is 18.4. The molecule has 0 heterocycles. The highest BCUT2D eigenvalue weighted by atomic mass is 79.9. The standard InChI is InChI=1S/C17H20BrNO/c1-19(12-15-7-9-16(18)10-8-15)13-17(20)11-14-5-3-2-4-6-14/h2-10,17,20H,11-13H2,1H3. The molecule has 2 aromatic carbocycles. The van der Waals surface area contributed by atoms with Crippen LogP contribution in [0.15, 0.2) is 59.1 Å². The van der Waals surface area contributed by atoms with Gasteiger partial charge in [-0.05, 0) is 36.7 Å². The van der Waals surface area contributed by atoms with E-state index >= 15 is 0 Å². The van der Waals surface area contributed by atoms with Crippen molar-refractivity contribution in [2.45, 2.75) is 19.1 Å². The predicted octanol–water partition coefficient (Wildman–Crippen LogP) is 3.48. The Kier molecular flexibility index (Phi) is 5.77. The quantitative estimate of drug-likeness (QED) is 0.874. The van der Waals surface area contributed by atoms with Crippen molar-refractivity contribution in [1.29, 1.82) is 0 Å². The second-order valence-electron chi connectivity index (χ2n) is 5.17. The molecule has 0 aliphatic carbocycles. The molecule has 0 bridgehead atoms. The molecule has 0 aliphatic rings. The van der Waals surface area contributed by atoms with Crippen molar-refractivity contribution in [2.24, 2.45) is 0 Å². The first-order valence-electron chi connectivity index (χ1n) is 6.78. The fourth-order valence-corrected chi connectivity index (χ4v) is 2.54. The third-order valence-electron chi connectivity index (χ3n) is 3.20. The number of aliphatic hydroxyl groups excluding tert-OH is 1. The molecule has 0 spiro atoms. The number of nitrogens with zero attached hydrogens (tertiary/aromatic N) is 1. The minimum absolute atomic E-state index is 0.335. The molecule has 2 nitrogen and oxygen atoms in total. The van der Waals surface area contributed by atoms with Crippen LogP contribution in [0.4, 0.5) is 0 Å². The topological polar surface area (TPSA) is 23.5 Å². The average Bonchev–Trinajstić information content (AvgIpc) is 2.42. The smallest absolute Gasteiger partial charge is 0.0707 e. The Labute approximate surface area is 129 Å². The van der Waals surface area contributed by atoms with Crippen molar-refractivity contribution in [2.75, 3.05) is 13.6 Å². The van der Waals surface area contributed by atoms with Gasteiger partial charge in [0.05, 0.1) is 6.10 Å². The Bertz CT molecular complexity index is 512. The summed E-state index contributed by atoms with van der Waals surface area (Å²) < 4.78 is 1.09. The molecule has 0 aliphatic heterocycles. The van der Waals surface area contributed by atoms with Gasteiger partial charge in [-0.1, -0.05) is 58.4 Å². The summed E-state index contributed by atoms with van der Waals surface area (Å²) in [6.07, 6.45) is 0.365. The zero-order valence-electron chi connectivity index (χ0n) is 11.7. The van der Waals surface area contributed by atoms with Gasteiger partial charge in [-0.25, -0.2) is 0 Å². The molecular weight excluding hydrogens is 314 g/mol. The Hall–Kier alpha value is -1.16. The number of rotatable bonds is 6. The molecule has 1 unspecified atom stereocenters. The van der Waals surface area contributed by atoms with Crippen LogP contribution < -0.4 is 0 Å². The summed E-state index contributed by atoms with van der Waals surface area (Å²) in [5.74, 6) is 0. The lowest BCUT2D eigenvalue weighted by atomic mass is 10.1. The van der Waals surface area contributed by atoms with Gasteiger partial charge in [0.1, 0.15) is 0 Å². The van der Waals surface area contributed by atoms with Crippen LogP contribution in [0.1, 0.15) is 11.1 Å². The monoisotopic (exact) mass is 333 g/mol. The summed E-state index contributed by atoms with van der Waals surface area (Å²) >= 11 is 3.44. The van der Waals surface area contributed by atoms with Crippen LogP contribution in [0.5, 0.6) is 0 Å². The van der Waals surface area contributed by atoms with Crippen molar-refractivity contribution in [1.82, 2.24) is 4.90 Å². The van der Waals surface area contributed by atoms with Crippen molar-refractivity contribution < 1.29 is 5.11 Å². The van der Waals surface area contributed by atoms with Crippen LogP contribution in [-0.4, -0.2) is 29.7 Å². The number of halogens is 1. The van der Waals surface area contributed by atoms with Crippen molar-refractivity contribution in [3.63, 3.8) is 0 Å². The number of hydrogen-bond acceptors (Lipinski definition) is 2. The van der Waals surface area contributed by atoms with Gasteiger partial charge in [-0.2, -0.15) is 0 Å². The summed E-state index contributed by atoms with van der Waals surface area (Å²) in [5.41, 5.74) is 2.43. The van der Waals surface area contributed by atoms with Crippen LogP contribution >= 0.6 is 15.9 Å². The van der Waals surface area contributed by atoms with E-state index < -0.39 is 0 Å². The summed E-state index contributed by atoms with van der Waals surface area (Å²) in [6.45, 7) is 1.52. The van der Waals surface area contributed by atoms with Gasteiger partial charge in [-0.15, -0.1) is 0 Å². The van der Waals surface area contributed by atoms with Gasteiger partial charge >= 0.3 is 0 Å². The van der Waals surface area contributed by atoms with E-state index in [4.69, 9.17) is 0 Å². The van der Waals surface area contributed by atoms with Gasteiger partial charge in [0.15, 0.2) is 0 Å². The van der Waals surface area contributed by atoms with Crippen LogP contribution in [0, 0.1) is 0 Å². The third kappa shape index (κ3) is 5.08. The lowest BCUT2D eigenvalue weighted by Crippen LogP contribution is -2.30. The molecule has 0 amide bonds. The van der Waals surface area contributed by atoms with E-state index in [2.05, 4.69) is 45.1 Å².